The second kappa shape index (κ2) is 9.46. The second-order valence-electron chi connectivity index (χ2n) is 5.20. The van der Waals surface area contributed by atoms with Crippen LogP contribution in [0.3, 0.4) is 0 Å². The van der Waals surface area contributed by atoms with Gasteiger partial charge in [0.25, 0.3) is 11.6 Å². The molecular formula is C17H17N3O6S. The molecule has 3 N–H and O–H groups in total. The summed E-state index contributed by atoms with van der Waals surface area (Å²) in [4.78, 5) is 22.5. The van der Waals surface area contributed by atoms with E-state index >= 15 is 0 Å². The maximum absolute atomic E-state index is 12.4. The standard InChI is InChI=1S/C17H17N3O6S/c1-25-8-9-26-15-5-3-2-4-12(15)16(22)19-17(27)18-13-7-6-11(20(23)24)10-14(13)21/h2-7,10,21H,8-9H2,1H3,(H2,18,19,22,27). The summed E-state index contributed by atoms with van der Waals surface area (Å²) in [5.74, 6) is -0.515. The highest BCUT2D eigenvalue weighted by Crippen LogP contribution is 2.27. The zero-order chi connectivity index (χ0) is 19.8. The lowest BCUT2D eigenvalue weighted by molar-refractivity contribution is -0.384. The summed E-state index contributed by atoms with van der Waals surface area (Å²) < 4.78 is 10.4. The predicted octanol–water partition coefficient (Wildman–Crippen LogP) is 2.45. The van der Waals surface area contributed by atoms with Crippen molar-refractivity contribution in [1.82, 2.24) is 5.32 Å². The van der Waals surface area contributed by atoms with E-state index in [-0.39, 0.29) is 34.4 Å². The molecule has 0 aliphatic carbocycles. The molecule has 0 fully saturated rings. The number of ether oxygens (including phenoxy) is 2. The molecule has 9 nitrogen and oxygen atoms in total. The van der Waals surface area contributed by atoms with Gasteiger partial charge in [0.05, 0.1) is 28.8 Å². The number of benzene rings is 2. The van der Waals surface area contributed by atoms with Crippen molar-refractivity contribution in [2.24, 2.45) is 0 Å². The van der Waals surface area contributed by atoms with E-state index in [9.17, 15) is 20.0 Å². The van der Waals surface area contributed by atoms with Crippen molar-refractivity contribution in [3.63, 3.8) is 0 Å². The van der Waals surface area contributed by atoms with Crippen LogP contribution in [0.15, 0.2) is 42.5 Å². The highest BCUT2D eigenvalue weighted by Gasteiger charge is 2.15. The molecule has 0 heterocycles. The average Bonchev–Trinajstić information content (AvgIpc) is 2.63. The van der Waals surface area contributed by atoms with Gasteiger partial charge in [0, 0.05) is 13.2 Å². The summed E-state index contributed by atoms with van der Waals surface area (Å²) in [6.45, 7) is 0.648. The summed E-state index contributed by atoms with van der Waals surface area (Å²) in [5, 5.41) is 25.5. The van der Waals surface area contributed by atoms with Gasteiger partial charge in [-0.25, -0.2) is 0 Å². The maximum atomic E-state index is 12.4. The molecule has 0 atom stereocenters. The summed E-state index contributed by atoms with van der Waals surface area (Å²) >= 11 is 5.06. The molecule has 2 rings (SSSR count). The van der Waals surface area contributed by atoms with E-state index < -0.39 is 10.8 Å². The van der Waals surface area contributed by atoms with Crippen LogP contribution >= 0.6 is 12.2 Å². The molecular weight excluding hydrogens is 374 g/mol. The molecule has 2 aromatic carbocycles. The zero-order valence-corrected chi connectivity index (χ0v) is 15.1. The number of hydrogen-bond acceptors (Lipinski definition) is 7. The summed E-state index contributed by atoms with van der Waals surface area (Å²) in [7, 11) is 1.54. The van der Waals surface area contributed by atoms with Crippen LogP contribution < -0.4 is 15.4 Å². The zero-order valence-electron chi connectivity index (χ0n) is 14.3. The smallest absolute Gasteiger partial charge is 0.273 e. The van der Waals surface area contributed by atoms with Gasteiger partial charge in [-0.05, 0) is 30.4 Å². The third-order valence-corrected chi connectivity index (χ3v) is 3.55. The number of nitro benzene ring substituents is 1. The fourth-order valence-electron chi connectivity index (χ4n) is 2.08. The topological polar surface area (TPSA) is 123 Å². The lowest BCUT2D eigenvalue weighted by atomic mass is 10.2. The van der Waals surface area contributed by atoms with E-state index in [1.807, 2.05) is 0 Å². The number of nitrogens with zero attached hydrogens (tertiary/aromatic N) is 1. The number of nitrogens with one attached hydrogen (secondary N) is 2. The highest BCUT2D eigenvalue weighted by molar-refractivity contribution is 7.80. The number of anilines is 1. The van der Waals surface area contributed by atoms with Crippen LogP contribution in [0.5, 0.6) is 11.5 Å². The third kappa shape index (κ3) is 5.62. The summed E-state index contributed by atoms with van der Waals surface area (Å²) in [5.41, 5.74) is 0.122. The van der Waals surface area contributed by atoms with Crippen LogP contribution in [0.1, 0.15) is 10.4 Å². The van der Waals surface area contributed by atoms with Crippen molar-refractivity contribution < 1.29 is 24.3 Å². The van der Waals surface area contributed by atoms with Crippen molar-refractivity contribution in [3.8, 4) is 11.5 Å². The number of rotatable bonds is 7. The number of para-hydroxylation sites is 1. The Morgan fingerprint density at radius 2 is 2.00 bits per heavy atom. The largest absolute Gasteiger partial charge is 0.506 e. The van der Waals surface area contributed by atoms with Crippen molar-refractivity contribution >= 4 is 34.6 Å². The lowest BCUT2D eigenvalue weighted by Crippen LogP contribution is -2.34. The summed E-state index contributed by atoms with van der Waals surface area (Å²) in [6, 6.07) is 10.1. The minimum Gasteiger partial charge on any atom is -0.506 e. The van der Waals surface area contributed by atoms with Crippen molar-refractivity contribution in [2.75, 3.05) is 25.6 Å². The van der Waals surface area contributed by atoms with Crippen LogP contribution in [0.2, 0.25) is 0 Å². The number of aromatic hydroxyl groups is 1. The number of amides is 1. The molecule has 0 aliphatic heterocycles. The Labute approximate surface area is 160 Å². The molecule has 1 amide bonds. The molecule has 0 radical (unpaired) electrons. The molecule has 10 heteroatoms. The Hall–Kier alpha value is -3.24. The number of non-ortho nitro benzene ring substituents is 1. The second-order valence-corrected chi connectivity index (χ2v) is 5.61. The van der Waals surface area contributed by atoms with Gasteiger partial charge in [-0.2, -0.15) is 0 Å². The fraction of sp³-hybridized carbons (Fsp3) is 0.176. The minimum atomic E-state index is -0.635. The first-order chi connectivity index (χ1) is 12.9. The Bertz CT molecular complexity index is 858. The molecule has 0 spiro atoms. The van der Waals surface area contributed by atoms with Gasteiger partial charge in [-0.3, -0.25) is 20.2 Å². The minimum absolute atomic E-state index is 0.0872. The Morgan fingerprint density at radius 3 is 2.67 bits per heavy atom. The van der Waals surface area contributed by atoms with E-state index in [4.69, 9.17) is 21.7 Å². The number of carbonyl (C=O) groups is 1. The first-order valence-corrected chi connectivity index (χ1v) is 8.13. The third-order valence-electron chi connectivity index (χ3n) is 3.34. The number of phenols is 1. The lowest BCUT2D eigenvalue weighted by Gasteiger charge is -2.13. The monoisotopic (exact) mass is 391 g/mol. The number of hydrogen-bond donors (Lipinski definition) is 3. The first kappa shape index (κ1) is 20.1. The summed E-state index contributed by atoms with van der Waals surface area (Å²) in [6.07, 6.45) is 0. The number of nitro groups is 1. The molecule has 0 saturated heterocycles. The number of thiocarbonyl (C=S) groups is 1. The van der Waals surface area contributed by atoms with E-state index in [0.717, 1.165) is 6.07 Å². The normalized spacial score (nSPS) is 10.1. The fourth-order valence-corrected chi connectivity index (χ4v) is 2.28. The van der Waals surface area contributed by atoms with Crippen molar-refractivity contribution in [1.29, 1.82) is 0 Å². The Morgan fingerprint density at radius 1 is 1.26 bits per heavy atom. The van der Waals surface area contributed by atoms with Gasteiger partial charge >= 0.3 is 0 Å². The van der Waals surface area contributed by atoms with Crippen molar-refractivity contribution in [2.45, 2.75) is 0 Å². The molecule has 0 unspecified atom stereocenters. The van der Waals surface area contributed by atoms with Crippen LogP contribution in [0, 0.1) is 10.1 Å². The van der Waals surface area contributed by atoms with Crippen LogP contribution in [-0.4, -0.2) is 41.4 Å². The molecule has 2 aromatic rings. The SMILES string of the molecule is COCCOc1ccccc1C(=O)NC(=S)Nc1ccc([N+](=O)[O-])cc1O. The first-order valence-electron chi connectivity index (χ1n) is 7.73. The van der Waals surface area contributed by atoms with E-state index in [0.29, 0.717) is 12.4 Å². The van der Waals surface area contributed by atoms with E-state index in [1.54, 1.807) is 31.4 Å². The highest BCUT2D eigenvalue weighted by atomic mass is 32.1. The van der Waals surface area contributed by atoms with E-state index in [2.05, 4.69) is 10.6 Å². The molecule has 0 aromatic heterocycles. The molecule has 0 saturated carbocycles. The van der Waals surface area contributed by atoms with Gasteiger partial charge in [0.15, 0.2) is 5.11 Å². The van der Waals surface area contributed by atoms with Gasteiger partial charge in [-0.15, -0.1) is 0 Å². The van der Waals surface area contributed by atoms with Gasteiger partial charge in [0.1, 0.15) is 18.1 Å². The molecule has 27 heavy (non-hydrogen) atoms. The molecule has 0 bridgehead atoms. The van der Waals surface area contributed by atoms with Gasteiger partial charge < -0.3 is 19.9 Å². The van der Waals surface area contributed by atoms with Gasteiger partial charge in [-0.1, -0.05) is 12.1 Å². The number of carbonyl (C=O) groups excluding carboxylic acids is 1. The van der Waals surface area contributed by atoms with Crippen LogP contribution in [0.25, 0.3) is 0 Å². The molecule has 0 aliphatic rings. The van der Waals surface area contributed by atoms with Crippen LogP contribution in [0.4, 0.5) is 11.4 Å². The predicted molar refractivity (Wildman–Crippen MR) is 102 cm³/mol. The average molecular weight is 391 g/mol. The number of phenolic OH excluding ortho intramolecular Hbond substituents is 1. The maximum Gasteiger partial charge on any atom is 0.273 e. The Balaban J connectivity index is 2.04. The Kier molecular flexibility index (Phi) is 7.03. The van der Waals surface area contributed by atoms with E-state index in [1.165, 1.54) is 12.1 Å². The van der Waals surface area contributed by atoms with Crippen LogP contribution in [-0.2, 0) is 4.74 Å². The number of methoxy groups -OCH3 is 1. The van der Waals surface area contributed by atoms with Crippen molar-refractivity contribution in [3.05, 3.63) is 58.1 Å². The van der Waals surface area contributed by atoms with Gasteiger partial charge in [0.2, 0.25) is 0 Å². The molecule has 142 valence electrons. The quantitative estimate of drug-likeness (QED) is 0.216.